The average Bonchev–Trinajstić information content (AvgIpc) is 2.78. The molecular formula is C14H14Br2F3NO. The molecule has 1 fully saturated rings. The van der Waals surface area contributed by atoms with Gasteiger partial charge in [-0.1, -0.05) is 38.8 Å². The second-order valence-corrected chi connectivity index (χ2v) is 6.68. The number of benzene rings is 1. The van der Waals surface area contributed by atoms with Gasteiger partial charge in [0.15, 0.2) is 0 Å². The lowest BCUT2D eigenvalue weighted by molar-refractivity contribution is -0.138. The first-order valence-electron chi connectivity index (χ1n) is 6.49. The van der Waals surface area contributed by atoms with Crippen molar-refractivity contribution in [1.82, 2.24) is 4.90 Å². The van der Waals surface area contributed by atoms with Crippen LogP contribution < -0.4 is 0 Å². The molecule has 0 aliphatic carbocycles. The fraction of sp³-hybridized carbons (Fsp3) is 0.500. The van der Waals surface area contributed by atoms with Gasteiger partial charge in [-0.05, 0) is 30.5 Å². The van der Waals surface area contributed by atoms with E-state index in [-0.39, 0.29) is 22.0 Å². The van der Waals surface area contributed by atoms with Gasteiger partial charge in [-0.2, -0.15) is 13.2 Å². The van der Waals surface area contributed by atoms with Crippen molar-refractivity contribution < 1.29 is 18.0 Å². The van der Waals surface area contributed by atoms with Gasteiger partial charge in [-0.3, -0.25) is 4.79 Å². The Morgan fingerprint density at radius 1 is 1.43 bits per heavy atom. The van der Waals surface area contributed by atoms with Gasteiger partial charge in [0.25, 0.3) is 5.91 Å². The van der Waals surface area contributed by atoms with E-state index in [1.165, 1.54) is 12.1 Å². The molecule has 2 rings (SSSR count). The second-order valence-electron chi connectivity index (χ2n) is 5.18. The minimum atomic E-state index is -4.48. The minimum Gasteiger partial charge on any atom is -0.335 e. The van der Waals surface area contributed by atoms with Crippen LogP contribution in [0.25, 0.3) is 0 Å². The van der Waals surface area contributed by atoms with E-state index in [1.54, 1.807) is 4.90 Å². The maximum atomic E-state index is 12.9. The van der Waals surface area contributed by atoms with Crippen molar-refractivity contribution in [2.45, 2.75) is 25.6 Å². The molecule has 1 aliphatic heterocycles. The number of likely N-dealkylation sites (tertiary alicyclic amines) is 1. The molecule has 2 unspecified atom stereocenters. The Morgan fingerprint density at radius 2 is 2.10 bits per heavy atom. The third-order valence-corrected chi connectivity index (χ3v) is 5.18. The molecule has 1 saturated heterocycles. The van der Waals surface area contributed by atoms with Gasteiger partial charge in [0.1, 0.15) is 0 Å². The van der Waals surface area contributed by atoms with Crippen LogP contribution in [0.4, 0.5) is 13.2 Å². The smallest absolute Gasteiger partial charge is 0.335 e. The maximum absolute atomic E-state index is 12.9. The zero-order valence-electron chi connectivity index (χ0n) is 11.3. The molecule has 1 amide bonds. The molecular weight excluding hydrogens is 415 g/mol. The maximum Gasteiger partial charge on any atom is 0.417 e. The number of halogens is 5. The van der Waals surface area contributed by atoms with Gasteiger partial charge in [-0.15, -0.1) is 0 Å². The van der Waals surface area contributed by atoms with Gasteiger partial charge in [0.2, 0.25) is 0 Å². The van der Waals surface area contributed by atoms with E-state index in [9.17, 15) is 18.0 Å². The minimum absolute atomic E-state index is 0.0236. The summed E-state index contributed by atoms with van der Waals surface area (Å²) in [6.45, 7) is 2.62. The predicted molar refractivity (Wildman–Crippen MR) is 81.5 cm³/mol. The summed E-state index contributed by atoms with van der Waals surface area (Å²) in [5.74, 6) is -0.00680. The first-order valence-corrected chi connectivity index (χ1v) is 8.41. The van der Waals surface area contributed by atoms with Crippen LogP contribution in [-0.2, 0) is 6.18 Å². The fourth-order valence-corrected chi connectivity index (χ4v) is 4.00. The highest BCUT2D eigenvalue weighted by molar-refractivity contribution is 9.10. The van der Waals surface area contributed by atoms with Crippen molar-refractivity contribution in [3.05, 3.63) is 33.8 Å². The quantitative estimate of drug-likeness (QED) is 0.624. The van der Waals surface area contributed by atoms with Gasteiger partial charge in [0.05, 0.1) is 5.56 Å². The van der Waals surface area contributed by atoms with Crippen LogP contribution in [0.15, 0.2) is 22.7 Å². The highest BCUT2D eigenvalue weighted by Crippen LogP contribution is 2.36. The number of hydrogen-bond acceptors (Lipinski definition) is 1. The molecule has 116 valence electrons. The zero-order valence-corrected chi connectivity index (χ0v) is 14.4. The van der Waals surface area contributed by atoms with Crippen LogP contribution in [0, 0.1) is 5.92 Å². The first-order chi connectivity index (χ1) is 9.75. The molecule has 0 radical (unpaired) electrons. The van der Waals surface area contributed by atoms with E-state index in [1.807, 2.05) is 6.92 Å². The molecule has 1 aliphatic rings. The summed E-state index contributed by atoms with van der Waals surface area (Å²) >= 11 is 6.26. The first kappa shape index (κ1) is 16.8. The molecule has 0 N–H and O–H groups in total. The number of amides is 1. The molecule has 0 bridgehead atoms. The number of carbonyl (C=O) groups excluding carboxylic acids is 1. The molecule has 1 aromatic carbocycles. The lowest BCUT2D eigenvalue weighted by Crippen LogP contribution is -2.38. The molecule has 21 heavy (non-hydrogen) atoms. The highest BCUT2D eigenvalue weighted by Gasteiger charge is 2.36. The van der Waals surface area contributed by atoms with E-state index < -0.39 is 11.7 Å². The van der Waals surface area contributed by atoms with Crippen molar-refractivity contribution in [1.29, 1.82) is 0 Å². The average molecular weight is 429 g/mol. The van der Waals surface area contributed by atoms with Crippen molar-refractivity contribution in [2.75, 3.05) is 11.9 Å². The predicted octanol–water partition coefficient (Wildman–Crippen LogP) is 4.71. The lowest BCUT2D eigenvalue weighted by atomic mass is 10.0. The van der Waals surface area contributed by atoms with Crippen LogP contribution in [-0.4, -0.2) is 28.7 Å². The third-order valence-electron chi connectivity index (χ3n) is 3.82. The van der Waals surface area contributed by atoms with E-state index >= 15 is 0 Å². The summed E-state index contributed by atoms with van der Waals surface area (Å²) in [6.07, 6.45) is -3.62. The van der Waals surface area contributed by atoms with E-state index in [4.69, 9.17) is 0 Å². The summed E-state index contributed by atoms with van der Waals surface area (Å²) < 4.78 is 38.7. The Hall–Kier alpha value is -0.560. The molecule has 0 saturated carbocycles. The Labute approximate surface area is 137 Å². The molecule has 2 nitrogen and oxygen atoms in total. The molecule has 0 aromatic heterocycles. The molecule has 2 atom stereocenters. The van der Waals surface area contributed by atoms with Crippen LogP contribution in [0.1, 0.15) is 29.3 Å². The number of rotatable bonds is 2. The second kappa shape index (κ2) is 6.28. The van der Waals surface area contributed by atoms with E-state index in [0.717, 1.165) is 12.5 Å². The topological polar surface area (TPSA) is 20.3 Å². The summed E-state index contributed by atoms with van der Waals surface area (Å²) in [7, 11) is 0. The molecule has 7 heteroatoms. The van der Waals surface area contributed by atoms with Crippen molar-refractivity contribution >= 4 is 37.8 Å². The Balaban J connectivity index is 2.32. The third kappa shape index (κ3) is 3.44. The largest absolute Gasteiger partial charge is 0.417 e. The lowest BCUT2D eigenvalue weighted by Gasteiger charge is -2.25. The van der Waals surface area contributed by atoms with Crippen LogP contribution >= 0.6 is 31.9 Å². The SMILES string of the molecule is CC1CCN(C(=O)c2ccc(Br)c(C(F)(F)F)c2)C1CBr. The monoisotopic (exact) mass is 427 g/mol. The van der Waals surface area contributed by atoms with Crippen LogP contribution in [0.3, 0.4) is 0 Å². The standard InChI is InChI=1S/C14H14Br2F3NO/c1-8-4-5-20(12(8)7-15)13(21)9-2-3-11(16)10(6-9)14(17,18)19/h2-3,6,8,12H,4-5,7H2,1H3. The number of carbonyl (C=O) groups is 1. The summed E-state index contributed by atoms with van der Waals surface area (Å²) in [6, 6.07) is 3.64. The van der Waals surface area contributed by atoms with Gasteiger partial charge in [0, 0.05) is 28.0 Å². The van der Waals surface area contributed by atoms with Crippen molar-refractivity contribution in [3.63, 3.8) is 0 Å². The Morgan fingerprint density at radius 3 is 2.67 bits per heavy atom. The summed E-state index contributed by atoms with van der Waals surface area (Å²) in [5.41, 5.74) is -0.749. The molecule has 1 aromatic rings. The number of nitrogens with zero attached hydrogens (tertiary/aromatic N) is 1. The van der Waals surface area contributed by atoms with E-state index in [0.29, 0.717) is 17.8 Å². The molecule has 0 spiro atoms. The van der Waals surface area contributed by atoms with Gasteiger partial charge in [-0.25, -0.2) is 0 Å². The Bertz CT molecular complexity index is 548. The highest BCUT2D eigenvalue weighted by atomic mass is 79.9. The Kier molecular flexibility index (Phi) is 5.03. The van der Waals surface area contributed by atoms with Crippen molar-refractivity contribution in [3.8, 4) is 0 Å². The number of alkyl halides is 4. The van der Waals surface area contributed by atoms with Gasteiger partial charge >= 0.3 is 6.18 Å². The normalized spacial score (nSPS) is 22.7. The van der Waals surface area contributed by atoms with E-state index in [2.05, 4.69) is 31.9 Å². The van der Waals surface area contributed by atoms with Crippen molar-refractivity contribution in [2.24, 2.45) is 5.92 Å². The summed E-state index contributed by atoms with van der Waals surface area (Å²) in [4.78, 5) is 14.1. The van der Waals surface area contributed by atoms with Crippen LogP contribution in [0.2, 0.25) is 0 Å². The zero-order chi connectivity index (χ0) is 15.8. The fourth-order valence-electron chi connectivity index (χ4n) is 2.54. The van der Waals surface area contributed by atoms with Gasteiger partial charge < -0.3 is 4.90 Å². The number of hydrogen-bond donors (Lipinski definition) is 0. The van der Waals surface area contributed by atoms with Crippen LogP contribution in [0.5, 0.6) is 0 Å². The molecule has 1 heterocycles. The summed E-state index contributed by atoms with van der Waals surface area (Å²) in [5, 5.41) is 0.628.